The van der Waals surface area contributed by atoms with Gasteiger partial charge in [0.1, 0.15) is 0 Å². The molecule has 106 valence electrons. The Kier molecular flexibility index (Phi) is 6.67. The topological polar surface area (TPSA) is 58.6 Å². The molecule has 0 saturated heterocycles. The first-order valence-electron chi connectivity index (χ1n) is 6.35. The van der Waals surface area contributed by atoms with E-state index in [1.807, 2.05) is 0 Å². The summed E-state index contributed by atoms with van der Waals surface area (Å²) in [5.74, 6) is -0.371. The van der Waals surface area contributed by atoms with Gasteiger partial charge in [-0.1, -0.05) is 25.4 Å². The number of nitrogens with one attached hydrogen (secondary N) is 1. The zero-order chi connectivity index (χ0) is 14.3. The lowest BCUT2D eigenvalue weighted by atomic mass is 10.1. The molecule has 19 heavy (non-hydrogen) atoms. The number of hydrogen-bond donors (Lipinski definition) is 2. The van der Waals surface area contributed by atoms with E-state index in [1.165, 1.54) is 6.07 Å². The smallest absolute Gasteiger partial charge is 0.337 e. The highest BCUT2D eigenvalue weighted by Crippen LogP contribution is 2.20. The van der Waals surface area contributed by atoms with Gasteiger partial charge in [-0.25, -0.2) is 4.79 Å². The molecule has 2 N–H and O–H groups in total. The van der Waals surface area contributed by atoms with E-state index in [-0.39, 0.29) is 10.6 Å². The van der Waals surface area contributed by atoms with Crippen molar-refractivity contribution in [2.24, 2.45) is 5.92 Å². The largest absolute Gasteiger partial charge is 0.478 e. The van der Waals surface area contributed by atoms with Crippen molar-refractivity contribution >= 4 is 23.3 Å². The summed E-state index contributed by atoms with van der Waals surface area (Å²) in [6, 6.07) is 4.80. The summed E-state index contributed by atoms with van der Waals surface area (Å²) in [6.07, 6.45) is 1.05. The van der Waals surface area contributed by atoms with Crippen LogP contribution in [0, 0.1) is 5.92 Å². The number of hydrogen-bond acceptors (Lipinski definition) is 3. The summed E-state index contributed by atoms with van der Waals surface area (Å²) < 4.78 is 5.47. The van der Waals surface area contributed by atoms with Gasteiger partial charge in [-0.2, -0.15) is 0 Å². The van der Waals surface area contributed by atoms with Crippen molar-refractivity contribution in [2.45, 2.75) is 20.3 Å². The Balaban J connectivity index is 2.30. The Morgan fingerprint density at radius 2 is 2.16 bits per heavy atom. The lowest BCUT2D eigenvalue weighted by Crippen LogP contribution is -2.11. The Morgan fingerprint density at radius 3 is 2.74 bits per heavy atom. The summed E-state index contributed by atoms with van der Waals surface area (Å²) in [5.41, 5.74) is 0.905. The third-order valence-corrected chi connectivity index (χ3v) is 2.93. The van der Waals surface area contributed by atoms with Gasteiger partial charge in [0.15, 0.2) is 0 Å². The standard InChI is InChI=1S/C14H20ClNO3/c1-10(2)5-7-19-8-6-16-11-3-4-12(14(17)18)13(15)9-11/h3-4,9-10,16H,5-8H2,1-2H3,(H,17,18). The molecule has 0 aromatic heterocycles. The molecular formula is C14H20ClNO3. The Bertz CT molecular complexity index is 421. The van der Waals surface area contributed by atoms with E-state index in [0.29, 0.717) is 19.1 Å². The Labute approximate surface area is 118 Å². The minimum absolute atomic E-state index is 0.111. The molecule has 0 aliphatic heterocycles. The van der Waals surface area contributed by atoms with Gasteiger partial charge in [-0.15, -0.1) is 0 Å². The van der Waals surface area contributed by atoms with E-state index in [4.69, 9.17) is 21.4 Å². The van der Waals surface area contributed by atoms with Crippen LogP contribution in [0.15, 0.2) is 18.2 Å². The Hall–Kier alpha value is -1.26. The molecule has 0 unspecified atom stereocenters. The molecule has 1 rings (SSSR count). The SMILES string of the molecule is CC(C)CCOCCNc1ccc(C(=O)O)c(Cl)c1. The van der Waals surface area contributed by atoms with E-state index in [0.717, 1.165) is 18.7 Å². The van der Waals surface area contributed by atoms with Crippen LogP contribution in [0.1, 0.15) is 30.6 Å². The van der Waals surface area contributed by atoms with Crippen molar-refractivity contribution in [3.8, 4) is 0 Å². The van der Waals surface area contributed by atoms with Crippen LogP contribution < -0.4 is 5.32 Å². The number of carboxylic acid groups (broad SMARTS) is 1. The number of ether oxygens (including phenoxy) is 1. The van der Waals surface area contributed by atoms with Crippen LogP contribution in [0.25, 0.3) is 0 Å². The summed E-state index contributed by atoms with van der Waals surface area (Å²) in [4.78, 5) is 10.8. The summed E-state index contributed by atoms with van der Waals surface area (Å²) in [6.45, 7) is 6.37. The number of halogens is 1. The van der Waals surface area contributed by atoms with Crippen molar-refractivity contribution in [1.29, 1.82) is 0 Å². The van der Waals surface area contributed by atoms with Crippen LogP contribution in [0.3, 0.4) is 0 Å². The fourth-order valence-corrected chi connectivity index (χ4v) is 1.75. The van der Waals surface area contributed by atoms with Crippen molar-refractivity contribution < 1.29 is 14.6 Å². The number of anilines is 1. The molecule has 0 spiro atoms. The average Bonchev–Trinajstić information content (AvgIpc) is 2.32. The first-order valence-corrected chi connectivity index (χ1v) is 6.73. The predicted octanol–water partition coefficient (Wildman–Crippen LogP) is 3.51. The van der Waals surface area contributed by atoms with Gasteiger partial charge < -0.3 is 15.2 Å². The van der Waals surface area contributed by atoms with Gasteiger partial charge in [0.05, 0.1) is 17.2 Å². The zero-order valence-electron chi connectivity index (χ0n) is 11.3. The van der Waals surface area contributed by atoms with Crippen LogP contribution in [0.2, 0.25) is 5.02 Å². The van der Waals surface area contributed by atoms with Gasteiger partial charge in [-0.3, -0.25) is 0 Å². The number of rotatable bonds is 8. The van der Waals surface area contributed by atoms with E-state index < -0.39 is 5.97 Å². The highest BCUT2D eigenvalue weighted by atomic mass is 35.5. The number of carboxylic acids is 1. The fraction of sp³-hybridized carbons (Fsp3) is 0.500. The first kappa shape index (κ1) is 15.8. The summed E-state index contributed by atoms with van der Waals surface area (Å²) >= 11 is 5.87. The third kappa shape index (κ3) is 5.94. The zero-order valence-corrected chi connectivity index (χ0v) is 12.0. The molecule has 0 aliphatic rings. The monoisotopic (exact) mass is 285 g/mol. The van der Waals surface area contributed by atoms with E-state index in [2.05, 4.69) is 19.2 Å². The van der Waals surface area contributed by atoms with Gasteiger partial charge >= 0.3 is 5.97 Å². The molecule has 1 aromatic rings. The maximum absolute atomic E-state index is 10.8. The van der Waals surface area contributed by atoms with Crippen molar-refractivity contribution in [3.05, 3.63) is 28.8 Å². The van der Waals surface area contributed by atoms with E-state index >= 15 is 0 Å². The number of carbonyl (C=O) groups is 1. The minimum Gasteiger partial charge on any atom is -0.478 e. The second kappa shape index (κ2) is 8.02. The number of benzene rings is 1. The predicted molar refractivity (Wildman–Crippen MR) is 77.2 cm³/mol. The second-order valence-corrected chi connectivity index (χ2v) is 5.13. The van der Waals surface area contributed by atoms with Gasteiger partial charge in [0.2, 0.25) is 0 Å². The molecule has 0 bridgehead atoms. The molecule has 4 nitrogen and oxygen atoms in total. The maximum atomic E-state index is 10.8. The van der Waals surface area contributed by atoms with Gasteiger partial charge in [-0.05, 0) is 30.5 Å². The minimum atomic E-state index is -1.02. The molecule has 0 radical (unpaired) electrons. The summed E-state index contributed by atoms with van der Waals surface area (Å²) in [5, 5.41) is 12.2. The van der Waals surface area contributed by atoms with Crippen LogP contribution in [-0.2, 0) is 4.74 Å². The molecule has 0 heterocycles. The normalized spacial score (nSPS) is 10.7. The molecule has 0 fully saturated rings. The van der Waals surface area contributed by atoms with Crippen LogP contribution in [-0.4, -0.2) is 30.8 Å². The molecule has 0 aliphatic carbocycles. The van der Waals surface area contributed by atoms with Gasteiger partial charge in [0.25, 0.3) is 0 Å². The van der Waals surface area contributed by atoms with Crippen LogP contribution in [0.5, 0.6) is 0 Å². The molecule has 0 saturated carbocycles. The Morgan fingerprint density at radius 1 is 1.42 bits per heavy atom. The first-order chi connectivity index (χ1) is 9.00. The van der Waals surface area contributed by atoms with Crippen molar-refractivity contribution in [2.75, 3.05) is 25.1 Å². The highest BCUT2D eigenvalue weighted by Gasteiger charge is 2.08. The van der Waals surface area contributed by atoms with E-state index in [9.17, 15) is 4.79 Å². The molecule has 5 heteroatoms. The van der Waals surface area contributed by atoms with Gasteiger partial charge in [0, 0.05) is 18.8 Å². The molecule has 0 atom stereocenters. The van der Waals surface area contributed by atoms with E-state index in [1.54, 1.807) is 12.1 Å². The highest BCUT2D eigenvalue weighted by molar-refractivity contribution is 6.33. The second-order valence-electron chi connectivity index (χ2n) is 4.72. The van der Waals surface area contributed by atoms with Crippen LogP contribution in [0.4, 0.5) is 5.69 Å². The molecule has 0 amide bonds. The third-order valence-electron chi connectivity index (χ3n) is 2.61. The maximum Gasteiger partial charge on any atom is 0.337 e. The van der Waals surface area contributed by atoms with Crippen molar-refractivity contribution in [1.82, 2.24) is 0 Å². The lowest BCUT2D eigenvalue weighted by Gasteiger charge is -2.09. The molecule has 1 aromatic carbocycles. The van der Waals surface area contributed by atoms with Crippen molar-refractivity contribution in [3.63, 3.8) is 0 Å². The quantitative estimate of drug-likeness (QED) is 0.718. The van der Waals surface area contributed by atoms with Crippen LogP contribution >= 0.6 is 11.6 Å². The lowest BCUT2D eigenvalue weighted by molar-refractivity contribution is 0.0697. The fourth-order valence-electron chi connectivity index (χ4n) is 1.49. The average molecular weight is 286 g/mol. The number of aromatic carboxylic acids is 1. The molecular weight excluding hydrogens is 266 g/mol. The summed E-state index contributed by atoms with van der Waals surface area (Å²) in [7, 11) is 0.